The van der Waals surface area contributed by atoms with E-state index in [9.17, 15) is 22.8 Å². The highest BCUT2D eigenvalue weighted by atomic mass is 35.5. The molecule has 0 spiro atoms. The highest BCUT2D eigenvalue weighted by Gasteiger charge is 2.23. The fourth-order valence-electron chi connectivity index (χ4n) is 2.45. The van der Waals surface area contributed by atoms with Crippen molar-refractivity contribution < 1.29 is 27.5 Å². The fourth-order valence-corrected chi connectivity index (χ4v) is 2.65. The summed E-state index contributed by atoms with van der Waals surface area (Å²) in [6.07, 6.45) is -1.36. The molecule has 0 saturated carbocycles. The van der Waals surface area contributed by atoms with Gasteiger partial charge in [-0.3, -0.25) is 4.79 Å². The highest BCUT2D eigenvalue weighted by Crippen LogP contribution is 2.23. The van der Waals surface area contributed by atoms with Crippen LogP contribution in [0.5, 0.6) is 0 Å². The Hall–Kier alpha value is -3.13. The highest BCUT2D eigenvalue weighted by molar-refractivity contribution is 6.30. The van der Waals surface area contributed by atoms with Crippen molar-refractivity contribution in [3.05, 3.63) is 70.6 Å². The molecule has 3 rings (SSSR count). The maximum atomic E-state index is 13.7. The maximum Gasteiger partial charge on any atom is 0.339 e. The van der Waals surface area contributed by atoms with Crippen LogP contribution in [0.2, 0.25) is 5.15 Å². The summed E-state index contributed by atoms with van der Waals surface area (Å²) in [5.74, 6) is -6.45. The molecule has 1 amide bonds. The average molecular weight is 409 g/mol. The van der Waals surface area contributed by atoms with Crippen LogP contribution in [0.3, 0.4) is 0 Å². The Morgan fingerprint density at radius 1 is 1.11 bits per heavy atom. The predicted octanol–water partition coefficient (Wildman–Crippen LogP) is 4.49. The number of esters is 1. The summed E-state index contributed by atoms with van der Waals surface area (Å²) in [5, 5.41) is 2.58. The summed E-state index contributed by atoms with van der Waals surface area (Å²) < 4.78 is 45.0. The third-order valence-electron chi connectivity index (χ3n) is 3.85. The molecule has 0 radical (unpaired) electrons. The molecule has 0 aliphatic carbocycles. The number of halogens is 4. The molecule has 2 aromatic carbocycles. The molecule has 144 valence electrons. The van der Waals surface area contributed by atoms with E-state index in [2.05, 4.69) is 4.98 Å². The van der Waals surface area contributed by atoms with Gasteiger partial charge in [-0.05, 0) is 31.2 Å². The van der Waals surface area contributed by atoms with E-state index in [0.717, 1.165) is 6.07 Å². The number of rotatable bonds is 4. The maximum absolute atomic E-state index is 13.7. The molecule has 1 aromatic heterocycles. The molecule has 0 bridgehead atoms. The van der Waals surface area contributed by atoms with Crippen molar-refractivity contribution in [3.8, 4) is 0 Å². The third-order valence-corrected chi connectivity index (χ3v) is 4.04. The summed E-state index contributed by atoms with van der Waals surface area (Å²) in [5.41, 5.74) is -0.0265. The van der Waals surface area contributed by atoms with Gasteiger partial charge in [0.15, 0.2) is 23.6 Å². The molecular formula is C19H12ClF3N2O3. The van der Waals surface area contributed by atoms with Crippen molar-refractivity contribution in [1.29, 1.82) is 0 Å². The standard InChI is InChI=1S/C19H12ClF3N2O3/c1-9(18(26)25-14-7-6-12(21)16(22)17(14)23)28-19(27)11-8-15(20)24-13-5-3-2-4-10(11)13/h2-9H,1H3,(H,25,26)/t9-/m1/s1. The van der Waals surface area contributed by atoms with Crippen LogP contribution in [0.1, 0.15) is 17.3 Å². The lowest BCUT2D eigenvalue weighted by atomic mass is 10.1. The molecule has 28 heavy (non-hydrogen) atoms. The van der Waals surface area contributed by atoms with E-state index in [1.165, 1.54) is 13.0 Å². The van der Waals surface area contributed by atoms with Crippen LogP contribution >= 0.6 is 11.6 Å². The van der Waals surface area contributed by atoms with E-state index in [1.54, 1.807) is 24.3 Å². The second-order valence-corrected chi connectivity index (χ2v) is 6.16. The number of hydrogen-bond acceptors (Lipinski definition) is 4. The molecule has 0 aliphatic heterocycles. The second kappa shape index (κ2) is 7.85. The number of para-hydroxylation sites is 1. The summed E-state index contributed by atoms with van der Waals surface area (Å²) in [7, 11) is 0. The molecule has 1 heterocycles. The van der Waals surface area contributed by atoms with Crippen LogP contribution in [0.4, 0.5) is 18.9 Å². The number of nitrogens with zero attached hydrogens (tertiary/aromatic N) is 1. The minimum absolute atomic E-state index is 0.0617. The molecule has 3 aromatic rings. The van der Waals surface area contributed by atoms with Gasteiger partial charge < -0.3 is 10.1 Å². The van der Waals surface area contributed by atoms with Gasteiger partial charge in [0.2, 0.25) is 0 Å². The van der Waals surface area contributed by atoms with Crippen molar-refractivity contribution in [2.45, 2.75) is 13.0 Å². The number of amides is 1. The van der Waals surface area contributed by atoms with Crippen LogP contribution in [0, 0.1) is 17.5 Å². The summed E-state index contributed by atoms with van der Waals surface area (Å²) in [6, 6.07) is 9.51. The Balaban J connectivity index is 1.78. The summed E-state index contributed by atoms with van der Waals surface area (Å²) in [6.45, 7) is 1.25. The van der Waals surface area contributed by atoms with Crippen molar-refractivity contribution in [3.63, 3.8) is 0 Å². The molecule has 9 heteroatoms. The first kappa shape index (κ1) is 19.6. The van der Waals surface area contributed by atoms with Gasteiger partial charge in [0.25, 0.3) is 5.91 Å². The Kier molecular flexibility index (Phi) is 5.51. The first-order chi connectivity index (χ1) is 13.3. The Morgan fingerprint density at radius 3 is 2.57 bits per heavy atom. The largest absolute Gasteiger partial charge is 0.449 e. The molecule has 1 atom stereocenters. The lowest BCUT2D eigenvalue weighted by Gasteiger charge is -2.15. The Morgan fingerprint density at radius 2 is 1.82 bits per heavy atom. The molecule has 0 saturated heterocycles. The van der Waals surface area contributed by atoms with Crippen molar-refractivity contribution >= 4 is 40.1 Å². The minimum atomic E-state index is -1.72. The van der Waals surface area contributed by atoms with Crippen LogP contribution in [0.25, 0.3) is 10.9 Å². The van der Waals surface area contributed by atoms with Gasteiger partial charge in [0.1, 0.15) is 5.15 Å². The zero-order valence-electron chi connectivity index (χ0n) is 14.3. The summed E-state index contributed by atoms with van der Waals surface area (Å²) >= 11 is 5.91. The van der Waals surface area contributed by atoms with E-state index in [0.29, 0.717) is 17.0 Å². The predicted molar refractivity (Wildman–Crippen MR) is 96.6 cm³/mol. The van der Waals surface area contributed by atoms with Crippen LogP contribution in [0.15, 0.2) is 42.5 Å². The van der Waals surface area contributed by atoms with Crippen molar-refractivity contribution in [2.75, 3.05) is 5.32 Å². The molecule has 0 unspecified atom stereocenters. The molecule has 1 N–H and O–H groups in total. The second-order valence-electron chi connectivity index (χ2n) is 5.77. The fraction of sp³-hybridized carbons (Fsp3) is 0.105. The van der Waals surface area contributed by atoms with Crippen molar-refractivity contribution in [2.24, 2.45) is 0 Å². The Bertz CT molecular complexity index is 1090. The topological polar surface area (TPSA) is 68.3 Å². The average Bonchev–Trinajstić information content (AvgIpc) is 2.67. The number of aromatic nitrogens is 1. The quantitative estimate of drug-likeness (QED) is 0.392. The van der Waals surface area contributed by atoms with E-state index < -0.39 is 41.1 Å². The molecular weight excluding hydrogens is 397 g/mol. The first-order valence-electron chi connectivity index (χ1n) is 7.98. The van der Waals surface area contributed by atoms with E-state index in [1.807, 2.05) is 5.32 Å². The number of fused-ring (bicyclic) bond motifs is 1. The number of pyridine rings is 1. The van der Waals surface area contributed by atoms with Crippen molar-refractivity contribution in [1.82, 2.24) is 4.98 Å². The van der Waals surface area contributed by atoms with E-state index in [-0.39, 0.29) is 10.7 Å². The van der Waals surface area contributed by atoms with Gasteiger partial charge in [-0.2, -0.15) is 0 Å². The van der Waals surface area contributed by atoms with Gasteiger partial charge in [-0.1, -0.05) is 29.8 Å². The molecule has 0 aliphatic rings. The van der Waals surface area contributed by atoms with Gasteiger partial charge in [0.05, 0.1) is 16.8 Å². The number of anilines is 1. The van der Waals surface area contributed by atoms with Gasteiger partial charge in [0, 0.05) is 5.39 Å². The number of carbonyl (C=O) groups is 2. The lowest BCUT2D eigenvalue weighted by molar-refractivity contribution is -0.123. The Labute approximate surface area is 162 Å². The van der Waals surface area contributed by atoms with Gasteiger partial charge in [-0.15, -0.1) is 0 Å². The van der Waals surface area contributed by atoms with E-state index in [4.69, 9.17) is 16.3 Å². The normalized spacial score (nSPS) is 11.9. The monoisotopic (exact) mass is 408 g/mol. The molecule has 0 fully saturated rings. The number of nitrogens with one attached hydrogen (secondary N) is 1. The lowest BCUT2D eigenvalue weighted by Crippen LogP contribution is -2.30. The van der Waals surface area contributed by atoms with Crippen LogP contribution < -0.4 is 5.32 Å². The third kappa shape index (κ3) is 3.91. The number of benzene rings is 2. The summed E-state index contributed by atoms with van der Waals surface area (Å²) in [4.78, 5) is 28.7. The van der Waals surface area contributed by atoms with Gasteiger partial charge >= 0.3 is 5.97 Å². The first-order valence-corrected chi connectivity index (χ1v) is 8.36. The van der Waals surface area contributed by atoms with Crippen LogP contribution in [-0.4, -0.2) is 23.0 Å². The number of hydrogen-bond donors (Lipinski definition) is 1. The van der Waals surface area contributed by atoms with Crippen LogP contribution in [-0.2, 0) is 9.53 Å². The molecule has 5 nitrogen and oxygen atoms in total. The zero-order chi connectivity index (χ0) is 20.4. The zero-order valence-corrected chi connectivity index (χ0v) is 15.1. The van der Waals surface area contributed by atoms with Gasteiger partial charge in [-0.25, -0.2) is 22.9 Å². The number of carbonyl (C=O) groups excluding carboxylic acids is 2. The smallest absolute Gasteiger partial charge is 0.339 e. The minimum Gasteiger partial charge on any atom is -0.449 e. The number of ether oxygens (including phenoxy) is 1. The van der Waals surface area contributed by atoms with E-state index >= 15 is 0 Å². The SMILES string of the molecule is C[C@@H](OC(=O)c1cc(Cl)nc2ccccc12)C(=O)Nc1ccc(F)c(F)c1F.